The molecule has 0 bridgehead atoms. The fourth-order valence-electron chi connectivity index (χ4n) is 2.04. The van der Waals surface area contributed by atoms with Gasteiger partial charge in [-0.15, -0.1) is 0 Å². The van der Waals surface area contributed by atoms with E-state index >= 15 is 0 Å². The molecule has 0 radical (unpaired) electrons. The van der Waals surface area contributed by atoms with Gasteiger partial charge in [-0.3, -0.25) is 4.90 Å². The summed E-state index contributed by atoms with van der Waals surface area (Å²) in [7, 11) is 0. The molecule has 0 aromatic rings. The van der Waals surface area contributed by atoms with Gasteiger partial charge in [0.1, 0.15) is 6.29 Å². The molecule has 0 aromatic carbocycles. The van der Waals surface area contributed by atoms with Crippen LogP contribution in [0.25, 0.3) is 0 Å². The molecule has 68 valence electrons. The minimum absolute atomic E-state index is 0.216. The molecule has 0 spiro atoms. The van der Waals surface area contributed by atoms with Gasteiger partial charge < -0.3 is 9.53 Å². The van der Waals surface area contributed by atoms with Crippen molar-refractivity contribution in [1.29, 1.82) is 0 Å². The van der Waals surface area contributed by atoms with Gasteiger partial charge >= 0.3 is 0 Å². The highest BCUT2D eigenvalue weighted by Gasteiger charge is 2.33. The predicted molar refractivity (Wildman–Crippen MR) is 45.0 cm³/mol. The number of ether oxygens (including phenoxy) is 1. The van der Waals surface area contributed by atoms with E-state index < -0.39 is 0 Å². The highest BCUT2D eigenvalue weighted by atomic mass is 16.5. The summed E-state index contributed by atoms with van der Waals surface area (Å²) in [5, 5.41) is 0. The fourth-order valence-corrected chi connectivity index (χ4v) is 2.04. The van der Waals surface area contributed by atoms with Gasteiger partial charge in [-0.25, -0.2) is 0 Å². The molecule has 12 heavy (non-hydrogen) atoms. The first-order valence-electron chi connectivity index (χ1n) is 4.70. The van der Waals surface area contributed by atoms with Crippen LogP contribution < -0.4 is 0 Å². The summed E-state index contributed by atoms with van der Waals surface area (Å²) in [5.41, 5.74) is 0. The van der Waals surface area contributed by atoms with Crippen molar-refractivity contribution in [3.05, 3.63) is 0 Å². The number of rotatable bonds is 2. The molecule has 1 atom stereocenters. The van der Waals surface area contributed by atoms with Crippen LogP contribution in [0.4, 0.5) is 0 Å². The summed E-state index contributed by atoms with van der Waals surface area (Å²) in [5.74, 6) is 0. The highest BCUT2D eigenvalue weighted by molar-refractivity contribution is 5.59. The van der Waals surface area contributed by atoms with Crippen LogP contribution in [-0.4, -0.2) is 43.0 Å². The lowest BCUT2D eigenvalue weighted by Gasteiger charge is -2.44. The minimum atomic E-state index is 0.216. The second-order valence-electron chi connectivity index (χ2n) is 3.57. The van der Waals surface area contributed by atoms with Crippen LogP contribution in [0.1, 0.15) is 19.3 Å². The van der Waals surface area contributed by atoms with Crippen molar-refractivity contribution < 1.29 is 9.53 Å². The Balaban J connectivity index is 1.86. The smallest absolute Gasteiger partial charge is 0.137 e. The average Bonchev–Trinajstić information content (AvgIpc) is 2.05. The van der Waals surface area contributed by atoms with E-state index in [1.165, 1.54) is 0 Å². The molecule has 2 aliphatic heterocycles. The van der Waals surface area contributed by atoms with E-state index in [-0.39, 0.29) is 6.04 Å². The maximum Gasteiger partial charge on any atom is 0.137 e. The van der Waals surface area contributed by atoms with E-state index in [0.717, 1.165) is 45.3 Å². The van der Waals surface area contributed by atoms with Crippen molar-refractivity contribution in [1.82, 2.24) is 4.90 Å². The van der Waals surface area contributed by atoms with Gasteiger partial charge in [0.15, 0.2) is 0 Å². The van der Waals surface area contributed by atoms with Crippen molar-refractivity contribution in [2.24, 2.45) is 0 Å². The molecule has 2 rings (SSSR count). The molecular weight excluding hydrogens is 154 g/mol. The maximum atomic E-state index is 10.6. The van der Waals surface area contributed by atoms with Gasteiger partial charge in [0.25, 0.3) is 0 Å². The summed E-state index contributed by atoms with van der Waals surface area (Å²) < 4.78 is 5.27. The average molecular weight is 169 g/mol. The minimum Gasteiger partial charge on any atom is -0.381 e. The molecule has 2 saturated heterocycles. The van der Waals surface area contributed by atoms with E-state index in [4.69, 9.17) is 4.74 Å². The number of likely N-dealkylation sites (tertiary alicyclic amines) is 1. The Hall–Kier alpha value is -0.410. The first-order chi connectivity index (χ1) is 5.92. The molecule has 0 saturated carbocycles. The topological polar surface area (TPSA) is 29.5 Å². The number of hydrogen-bond acceptors (Lipinski definition) is 3. The second kappa shape index (κ2) is 3.54. The Labute approximate surface area is 72.7 Å². The van der Waals surface area contributed by atoms with Crippen molar-refractivity contribution in [2.75, 3.05) is 19.8 Å². The Morgan fingerprint density at radius 1 is 1.25 bits per heavy atom. The van der Waals surface area contributed by atoms with Gasteiger partial charge in [-0.1, -0.05) is 0 Å². The van der Waals surface area contributed by atoms with Crippen molar-refractivity contribution in [3.8, 4) is 0 Å². The molecule has 2 aliphatic rings. The summed E-state index contributed by atoms with van der Waals surface area (Å²) in [6.45, 7) is 2.84. The van der Waals surface area contributed by atoms with Crippen LogP contribution in [0.2, 0.25) is 0 Å². The molecule has 0 aromatic heterocycles. The quantitative estimate of drug-likeness (QED) is 0.562. The third-order valence-electron chi connectivity index (χ3n) is 2.93. The third kappa shape index (κ3) is 1.39. The Morgan fingerprint density at radius 3 is 2.50 bits per heavy atom. The fraction of sp³-hybridized carbons (Fsp3) is 0.889. The van der Waals surface area contributed by atoms with Crippen LogP contribution in [-0.2, 0) is 9.53 Å². The molecule has 0 N–H and O–H groups in total. The molecule has 2 heterocycles. The Morgan fingerprint density at radius 2 is 2.00 bits per heavy atom. The zero-order valence-corrected chi connectivity index (χ0v) is 7.24. The van der Waals surface area contributed by atoms with Gasteiger partial charge in [0.05, 0.1) is 6.04 Å². The number of carbonyl (C=O) groups excluding carboxylic acids is 1. The van der Waals surface area contributed by atoms with Gasteiger partial charge in [0, 0.05) is 25.8 Å². The van der Waals surface area contributed by atoms with Crippen molar-refractivity contribution in [3.63, 3.8) is 0 Å². The summed E-state index contributed by atoms with van der Waals surface area (Å²) in [6.07, 6.45) is 4.34. The maximum absolute atomic E-state index is 10.6. The second-order valence-corrected chi connectivity index (χ2v) is 3.57. The van der Waals surface area contributed by atoms with E-state index in [0.29, 0.717) is 6.04 Å². The molecule has 3 heteroatoms. The zero-order valence-electron chi connectivity index (χ0n) is 7.24. The Bertz CT molecular complexity index is 166. The SMILES string of the molecule is O=CC1CCN1C1CCOCC1. The largest absolute Gasteiger partial charge is 0.381 e. The number of aldehydes is 1. The van der Waals surface area contributed by atoms with Crippen molar-refractivity contribution >= 4 is 6.29 Å². The Kier molecular flexibility index (Phi) is 2.42. The van der Waals surface area contributed by atoms with E-state index in [1.807, 2.05) is 0 Å². The molecular formula is C9H15NO2. The van der Waals surface area contributed by atoms with Crippen LogP contribution in [0, 0.1) is 0 Å². The van der Waals surface area contributed by atoms with Crippen molar-refractivity contribution in [2.45, 2.75) is 31.3 Å². The predicted octanol–water partition coefficient (Wildman–Crippen LogP) is 0.439. The summed E-state index contributed by atoms with van der Waals surface area (Å²) in [4.78, 5) is 12.9. The van der Waals surface area contributed by atoms with Gasteiger partial charge in [0.2, 0.25) is 0 Å². The first-order valence-corrected chi connectivity index (χ1v) is 4.70. The monoisotopic (exact) mass is 169 g/mol. The molecule has 0 aliphatic carbocycles. The lowest BCUT2D eigenvalue weighted by molar-refractivity contribution is -0.119. The van der Waals surface area contributed by atoms with Crippen LogP contribution in [0.15, 0.2) is 0 Å². The standard InChI is InChI=1S/C9H15NO2/c11-7-9-1-4-10(9)8-2-5-12-6-3-8/h7-9H,1-6H2. The van der Waals surface area contributed by atoms with E-state index in [2.05, 4.69) is 4.90 Å². The molecule has 2 fully saturated rings. The summed E-state index contributed by atoms with van der Waals surface area (Å²) >= 11 is 0. The lowest BCUT2D eigenvalue weighted by Crippen LogP contribution is -2.55. The first kappa shape index (κ1) is 8.20. The number of carbonyl (C=O) groups is 1. The molecule has 1 unspecified atom stereocenters. The van der Waals surface area contributed by atoms with Gasteiger partial charge in [-0.05, 0) is 19.3 Å². The van der Waals surface area contributed by atoms with Crippen LogP contribution in [0.3, 0.4) is 0 Å². The third-order valence-corrected chi connectivity index (χ3v) is 2.93. The lowest BCUT2D eigenvalue weighted by atomic mass is 9.97. The zero-order chi connectivity index (χ0) is 8.39. The van der Waals surface area contributed by atoms with Crippen LogP contribution in [0.5, 0.6) is 0 Å². The normalized spacial score (nSPS) is 32.8. The number of nitrogens with zero attached hydrogens (tertiary/aromatic N) is 1. The molecule has 0 amide bonds. The summed E-state index contributed by atoms with van der Waals surface area (Å²) in [6, 6.07) is 0.829. The van der Waals surface area contributed by atoms with E-state index in [1.54, 1.807) is 0 Å². The molecule has 3 nitrogen and oxygen atoms in total. The van der Waals surface area contributed by atoms with Crippen LogP contribution >= 0.6 is 0 Å². The number of hydrogen-bond donors (Lipinski definition) is 0. The highest BCUT2D eigenvalue weighted by Crippen LogP contribution is 2.24. The van der Waals surface area contributed by atoms with Gasteiger partial charge in [-0.2, -0.15) is 0 Å². The van der Waals surface area contributed by atoms with E-state index in [9.17, 15) is 4.79 Å².